The van der Waals surface area contributed by atoms with Crippen LogP contribution < -0.4 is 5.32 Å². The monoisotopic (exact) mass is 330 g/mol. The van der Waals surface area contributed by atoms with E-state index < -0.39 is 10.0 Å². The number of piperidine rings is 1. The standard InChI is InChI=1S/C15H26N2O2S2/c1-5-16-9-14-8-15(13(4)20-14)21(18,19)17-7-6-11(2)12(3)10-17/h8,11-12,16H,5-7,9-10H2,1-4H3. The Bertz CT molecular complexity index is 580. The van der Waals surface area contributed by atoms with E-state index in [1.165, 1.54) is 0 Å². The van der Waals surface area contributed by atoms with E-state index in [0.717, 1.165) is 29.3 Å². The highest BCUT2D eigenvalue weighted by Gasteiger charge is 2.33. The largest absolute Gasteiger partial charge is 0.312 e. The highest BCUT2D eigenvalue weighted by atomic mass is 32.2. The first-order valence-electron chi connectivity index (χ1n) is 7.66. The molecule has 0 radical (unpaired) electrons. The first-order valence-corrected chi connectivity index (χ1v) is 9.92. The van der Waals surface area contributed by atoms with Crippen LogP contribution in [0.4, 0.5) is 0 Å². The molecule has 1 aromatic heterocycles. The summed E-state index contributed by atoms with van der Waals surface area (Å²) in [5, 5.41) is 3.25. The van der Waals surface area contributed by atoms with E-state index in [4.69, 9.17) is 0 Å². The van der Waals surface area contributed by atoms with Gasteiger partial charge in [0.1, 0.15) is 0 Å². The summed E-state index contributed by atoms with van der Waals surface area (Å²) in [6.45, 7) is 11.2. The topological polar surface area (TPSA) is 49.4 Å². The van der Waals surface area contributed by atoms with Gasteiger partial charge >= 0.3 is 0 Å². The molecule has 2 rings (SSSR count). The first-order chi connectivity index (χ1) is 9.86. The molecule has 2 unspecified atom stereocenters. The van der Waals surface area contributed by atoms with Crippen LogP contribution in [-0.4, -0.2) is 32.4 Å². The number of nitrogens with zero attached hydrogens (tertiary/aromatic N) is 1. The Morgan fingerprint density at radius 3 is 2.71 bits per heavy atom. The molecule has 2 heterocycles. The van der Waals surface area contributed by atoms with Gasteiger partial charge in [-0.1, -0.05) is 20.8 Å². The second-order valence-electron chi connectivity index (χ2n) is 6.02. The van der Waals surface area contributed by atoms with Crippen molar-refractivity contribution in [1.82, 2.24) is 9.62 Å². The van der Waals surface area contributed by atoms with Crippen LogP contribution in [0.15, 0.2) is 11.0 Å². The van der Waals surface area contributed by atoms with Crippen molar-refractivity contribution in [3.8, 4) is 0 Å². The van der Waals surface area contributed by atoms with Gasteiger partial charge < -0.3 is 5.32 Å². The average Bonchev–Trinajstić information content (AvgIpc) is 2.81. The molecule has 1 N–H and O–H groups in total. The van der Waals surface area contributed by atoms with E-state index in [2.05, 4.69) is 26.1 Å². The van der Waals surface area contributed by atoms with Crippen molar-refractivity contribution in [3.05, 3.63) is 15.8 Å². The van der Waals surface area contributed by atoms with Crippen molar-refractivity contribution < 1.29 is 8.42 Å². The maximum absolute atomic E-state index is 12.9. The highest BCUT2D eigenvalue weighted by molar-refractivity contribution is 7.89. The van der Waals surface area contributed by atoms with Crippen LogP contribution in [0.1, 0.15) is 36.9 Å². The second-order valence-corrected chi connectivity index (χ2v) is 9.27. The van der Waals surface area contributed by atoms with Gasteiger partial charge in [0.25, 0.3) is 0 Å². The molecular formula is C15H26N2O2S2. The van der Waals surface area contributed by atoms with E-state index in [1.54, 1.807) is 15.6 Å². The SMILES string of the molecule is CCNCc1cc(S(=O)(=O)N2CCC(C)C(C)C2)c(C)s1. The zero-order chi connectivity index (χ0) is 15.6. The minimum atomic E-state index is -3.34. The van der Waals surface area contributed by atoms with Crippen LogP contribution in [0, 0.1) is 18.8 Å². The van der Waals surface area contributed by atoms with Crippen LogP contribution in [0.25, 0.3) is 0 Å². The molecule has 0 bridgehead atoms. The van der Waals surface area contributed by atoms with Crippen molar-refractivity contribution in [3.63, 3.8) is 0 Å². The number of hydrogen-bond acceptors (Lipinski definition) is 4. The zero-order valence-electron chi connectivity index (χ0n) is 13.3. The number of aryl methyl sites for hydroxylation is 1. The van der Waals surface area contributed by atoms with E-state index in [1.807, 2.05) is 13.0 Å². The van der Waals surface area contributed by atoms with E-state index in [-0.39, 0.29) is 0 Å². The molecular weight excluding hydrogens is 304 g/mol. The minimum Gasteiger partial charge on any atom is -0.312 e. The Balaban J connectivity index is 2.21. The lowest BCUT2D eigenvalue weighted by Gasteiger charge is -2.34. The Hall–Kier alpha value is -0.430. The average molecular weight is 331 g/mol. The molecule has 0 spiro atoms. The van der Waals surface area contributed by atoms with Gasteiger partial charge in [-0.05, 0) is 37.8 Å². The third-order valence-electron chi connectivity index (χ3n) is 4.39. The lowest BCUT2D eigenvalue weighted by molar-refractivity contribution is 0.212. The quantitative estimate of drug-likeness (QED) is 0.903. The van der Waals surface area contributed by atoms with Gasteiger partial charge in [0.2, 0.25) is 10.0 Å². The number of hydrogen-bond donors (Lipinski definition) is 1. The van der Waals surface area contributed by atoms with Crippen molar-refractivity contribution in [2.45, 2.75) is 45.6 Å². The van der Waals surface area contributed by atoms with E-state index >= 15 is 0 Å². The third-order valence-corrected chi connectivity index (χ3v) is 7.56. The predicted molar refractivity (Wildman–Crippen MR) is 88.1 cm³/mol. The summed E-state index contributed by atoms with van der Waals surface area (Å²) < 4.78 is 27.4. The summed E-state index contributed by atoms with van der Waals surface area (Å²) in [7, 11) is -3.34. The maximum Gasteiger partial charge on any atom is 0.244 e. The second kappa shape index (κ2) is 6.77. The first kappa shape index (κ1) is 16.9. The van der Waals surface area contributed by atoms with Gasteiger partial charge in [-0.3, -0.25) is 0 Å². The van der Waals surface area contributed by atoms with Crippen molar-refractivity contribution in [2.24, 2.45) is 11.8 Å². The molecule has 0 amide bonds. The van der Waals surface area contributed by atoms with Gasteiger partial charge in [0.05, 0.1) is 4.90 Å². The smallest absolute Gasteiger partial charge is 0.244 e. The highest BCUT2D eigenvalue weighted by Crippen LogP contribution is 2.32. The van der Waals surface area contributed by atoms with Gasteiger partial charge in [-0.15, -0.1) is 11.3 Å². The predicted octanol–water partition coefficient (Wildman–Crippen LogP) is 2.83. The maximum atomic E-state index is 12.9. The summed E-state index contributed by atoms with van der Waals surface area (Å²) in [4.78, 5) is 2.49. The van der Waals surface area contributed by atoms with Crippen LogP contribution >= 0.6 is 11.3 Å². The molecule has 4 nitrogen and oxygen atoms in total. The molecule has 21 heavy (non-hydrogen) atoms. The fourth-order valence-electron chi connectivity index (χ4n) is 2.70. The molecule has 0 aromatic carbocycles. The van der Waals surface area contributed by atoms with Gasteiger partial charge in [-0.25, -0.2) is 8.42 Å². The minimum absolute atomic E-state index is 0.425. The van der Waals surface area contributed by atoms with Crippen molar-refractivity contribution in [2.75, 3.05) is 19.6 Å². The summed E-state index contributed by atoms with van der Waals surface area (Å²) in [5.74, 6) is 1.03. The summed E-state index contributed by atoms with van der Waals surface area (Å²) in [6, 6.07) is 1.85. The molecule has 6 heteroatoms. The van der Waals surface area contributed by atoms with Crippen molar-refractivity contribution >= 4 is 21.4 Å². The summed E-state index contributed by atoms with van der Waals surface area (Å²) in [6.07, 6.45) is 0.952. The Morgan fingerprint density at radius 2 is 2.10 bits per heavy atom. The lowest BCUT2D eigenvalue weighted by atomic mass is 9.90. The lowest BCUT2D eigenvalue weighted by Crippen LogP contribution is -2.42. The van der Waals surface area contributed by atoms with Gasteiger partial charge in [0.15, 0.2) is 0 Å². The molecule has 1 saturated heterocycles. The van der Waals surface area contributed by atoms with Crippen LogP contribution in [0.3, 0.4) is 0 Å². The molecule has 2 atom stereocenters. The summed E-state index contributed by atoms with van der Waals surface area (Å²) >= 11 is 1.58. The molecule has 1 aliphatic heterocycles. The van der Waals surface area contributed by atoms with E-state index in [9.17, 15) is 8.42 Å². The number of sulfonamides is 1. The number of nitrogens with one attached hydrogen (secondary N) is 1. The fraction of sp³-hybridized carbons (Fsp3) is 0.733. The number of rotatable bonds is 5. The Labute approximate surface area is 132 Å². The van der Waals surface area contributed by atoms with Crippen molar-refractivity contribution in [1.29, 1.82) is 0 Å². The molecule has 0 saturated carbocycles. The van der Waals surface area contributed by atoms with Gasteiger partial charge in [-0.2, -0.15) is 4.31 Å². The number of thiophene rings is 1. The fourth-order valence-corrected chi connectivity index (χ4v) is 5.83. The summed E-state index contributed by atoms with van der Waals surface area (Å²) in [5.41, 5.74) is 0. The Morgan fingerprint density at radius 1 is 1.38 bits per heavy atom. The normalized spacial score (nSPS) is 24.4. The molecule has 120 valence electrons. The molecule has 1 aliphatic rings. The van der Waals surface area contributed by atoms with Gasteiger partial charge in [0, 0.05) is 29.4 Å². The van der Waals surface area contributed by atoms with E-state index in [0.29, 0.717) is 29.8 Å². The zero-order valence-corrected chi connectivity index (χ0v) is 15.0. The third kappa shape index (κ3) is 3.67. The molecule has 0 aliphatic carbocycles. The van der Waals surface area contributed by atoms with Crippen LogP contribution in [0.5, 0.6) is 0 Å². The molecule has 1 fully saturated rings. The Kier molecular flexibility index (Phi) is 5.46. The molecule has 1 aromatic rings. The van der Waals surface area contributed by atoms with Crippen LogP contribution in [0.2, 0.25) is 0 Å². The van der Waals surface area contributed by atoms with Crippen LogP contribution in [-0.2, 0) is 16.6 Å².